The standard InChI is InChI=1S/C30H25N3O2/c1-4-35-29-17-21(13-15-28(29)34-3)12-14-22-18-27(23-9-7-8-20(2)16-23)33-26-11-6-5-10-25(26)32-30(33)24(22)19-31/h5-18H,4H2,1-3H3. The molecule has 3 aromatic carbocycles. The Morgan fingerprint density at radius 3 is 2.60 bits per heavy atom. The molecule has 35 heavy (non-hydrogen) atoms. The maximum atomic E-state index is 10.2. The van der Waals surface area contributed by atoms with Crippen LogP contribution in [0.15, 0.2) is 72.8 Å². The first kappa shape index (κ1) is 22.2. The molecule has 172 valence electrons. The van der Waals surface area contributed by atoms with Crippen molar-refractivity contribution in [3.05, 3.63) is 95.1 Å². The number of rotatable bonds is 6. The summed E-state index contributed by atoms with van der Waals surface area (Å²) < 4.78 is 13.2. The van der Waals surface area contributed by atoms with Crippen LogP contribution in [0.4, 0.5) is 0 Å². The summed E-state index contributed by atoms with van der Waals surface area (Å²) in [7, 11) is 1.63. The predicted molar refractivity (Wildman–Crippen MR) is 141 cm³/mol. The number of aryl methyl sites for hydroxylation is 1. The first-order valence-corrected chi connectivity index (χ1v) is 11.5. The van der Waals surface area contributed by atoms with Gasteiger partial charge in [0.2, 0.25) is 0 Å². The lowest BCUT2D eigenvalue weighted by molar-refractivity contribution is 0.311. The lowest BCUT2D eigenvalue weighted by Gasteiger charge is -2.12. The van der Waals surface area contributed by atoms with Crippen molar-refractivity contribution in [3.63, 3.8) is 0 Å². The summed E-state index contributed by atoms with van der Waals surface area (Å²) in [4.78, 5) is 4.84. The highest BCUT2D eigenvalue weighted by molar-refractivity contribution is 5.89. The quantitative estimate of drug-likeness (QED) is 0.277. The third-order valence-electron chi connectivity index (χ3n) is 5.97. The van der Waals surface area contributed by atoms with Crippen molar-refractivity contribution in [1.29, 1.82) is 5.26 Å². The van der Waals surface area contributed by atoms with Gasteiger partial charge >= 0.3 is 0 Å². The summed E-state index contributed by atoms with van der Waals surface area (Å²) in [6.45, 7) is 4.57. The molecule has 5 heteroatoms. The molecule has 5 nitrogen and oxygen atoms in total. The Bertz CT molecular complexity index is 1620. The number of hydrogen-bond acceptors (Lipinski definition) is 4. The van der Waals surface area contributed by atoms with Gasteiger partial charge in [0.15, 0.2) is 17.1 Å². The van der Waals surface area contributed by atoms with E-state index in [0.29, 0.717) is 29.3 Å². The Hall–Kier alpha value is -4.56. The average molecular weight is 460 g/mol. The number of para-hydroxylation sites is 2. The zero-order chi connectivity index (χ0) is 24.4. The van der Waals surface area contributed by atoms with Gasteiger partial charge in [0.05, 0.1) is 30.4 Å². The van der Waals surface area contributed by atoms with E-state index >= 15 is 0 Å². The monoisotopic (exact) mass is 459 g/mol. The normalized spacial score (nSPS) is 11.3. The van der Waals surface area contributed by atoms with Crippen LogP contribution in [0.1, 0.15) is 29.2 Å². The van der Waals surface area contributed by atoms with Crippen LogP contribution >= 0.6 is 0 Å². The molecule has 0 aliphatic heterocycles. The first-order chi connectivity index (χ1) is 17.1. The van der Waals surface area contributed by atoms with Crippen molar-refractivity contribution in [2.24, 2.45) is 0 Å². The van der Waals surface area contributed by atoms with Crippen LogP contribution in [-0.4, -0.2) is 23.1 Å². The molecule has 5 rings (SSSR count). The lowest BCUT2D eigenvalue weighted by Crippen LogP contribution is -1.98. The Kier molecular flexibility index (Phi) is 5.95. The summed E-state index contributed by atoms with van der Waals surface area (Å²) in [6.07, 6.45) is 3.95. The smallest absolute Gasteiger partial charge is 0.161 e. The van der Waals surface area contributed by atoms with Gasteiger partial charge in [-0.15, -0.1) is 0 Å². The number of nitrogens with zero attached hydrogens (tertiary/aromatic N) is 3. The first-order valence-electron chi connectivity index (χ1n) is 11.5. The maximum Gasteiger partial charge on any atom is 0.161 e. The van der Waals surface area contributed by atoms with Crippen LogP contribution in [0.5, 0.6) is 11.5 Å². The number of aromatic nitrogens is 2. The second-order valence-electron chi connectivity index (χ2n) is 8.28. The zero-order valence-corrected chi connectivity index (χ0v) is 19.9. The number of fused-ring (bicyclic) bond motifs is 3. The highest BCUT2D eigenvalue weighted by Crippen LogP contribution is 2.32. The molecule has 0 radical (unpaired) electrons. The van der Waals surface area contributed by atoms with E-state index < -0.39 is 0 Å². The molecule has 0 saturated heterocycles. The summed E-state index contributed by atoms with van der Waals surface area (Å²) in [5.74, 6) is 1.38. The van der Waals surface area contributed by atoms with Crippen LogP contribution in [-0.2, 0) is 0 Å². The Balaban J connectivity index is 1.73. The highest BCUT2D eigenvalue weighted by atomic mass is 16.5. The van der Waals surface area contributed by atoms with Gasteiger partial charge in [0.25, 0.3) is 0 Å². The molecule has 2 aromatic heterocycles. The van der Waals surface area contributed by atoms with Crippen molar-refractivity contribution in [2.75, 3.05) is 13.7 Å². The van der Waals surface area contributed by atoms with Crippen LogP contribution < -0.4 is 9.47 Å². The van der Waals surface area contributed by atoms with Gasteiger partial charge < -0.3 is 9.47 Å². The van der Waals surface area contributed by atoms with E-state index in [1.54, 1.807) is 7.11 Å². The Labute approximate surface area is 204 Å². The summed E-state index contributed by atoms with van der Waals surface area (Å²) in [6, 6.07) is 26.6. The highest BCUT2D eigenvalue weighted by Gasteiger charge is 2.17. The summed E-state index contributed by atoms with van der Waals surface area (Å²) in [5.41, 5.74) is 8.00. The fraction of sp³-hybridized carbons (Fsp3) is 0.133. The van der Waals surface area contributed by atoms with Crippen molar-refractivity contribution < 1.29 is 9.47 Å². The molecule has 0 unspecified atom stereocenters. The average Bonchev–Trinajstić information content (AvgIpc) is 3.26. The third kappa shape index (κ3) is 4.11. The molecule has 0 aliphatic carbocycles. The van der Waals surface area contributed by atoms with Crippen molar-refractivity contribution in [2.45, 2.75) is 13.8 Å². The van der Waals surface area contributed by atoms with E-state index in [1.165, 1.54) is 5.56 Å². The van der Waals surface area contributed by atoms with Crippen LogP contribution in [0, 0.1) is 18.3 Å². The van der Waals surface area contributed by atoms with Crippen LogP contribution in [0.2, 0.25) is 0 Å². The molecule has 0 spiro atoms. The minimum absolute atomic E-state index is 0.535. The second kappa shape index (κ2) is 9.36. The van der Waals surface area contributed by atoms with Crippen molar-refractivity contribution in [1.82, 2.24) is 9.38 Å². The third-order valence-corrected chi connectivity index (χ3v) is 5.97. The van der Waals surface area contributed by atoms with Gasteiger partial charge in [0, 0.05) is 0 Å². The SMILES string of the molecule is CCOc1cc(C=Cc2cc(-c3cccc(C)c3)n3c(nc4ccccc43)c2C#N)ccc1OC. The Morgan fingerprint density at radius 1 is 0.971 bits per heavy atom. The largest absolute Gasteiger partial charge is 0.493 e. The minimum Gasteiger partial charge on any atom is -0.493 e. The molecular formula is C30H25N3O2. The number of hydrogen-bond donors (Lipinski definition) is 0. The molecular weight excluding hydrogens is 434 g/mol. The van der Waals surface area contributed by atoms with Gasteiger partial charge in [-0.25, -0.2) is 4.98 Å². The van der Waals surface area contributed by atoms with E-state index in [4.69, 9.17) is 14.5 Å². The predicted octanol–water partition coefficient (Wildman–Crippen LogP) is 6.91. The summed E-state index contributed by atoms with van der Waals surface area (Å²) in [5, 5.41) is 10.2. The number of pyridine rings is 1. The molecule has 0 N–H and O–H groups in total. The molecule has 0 bridgehead atoms. The number of nitriles is 1. The van der Waals surface area contributed by atoms with E-state index in [-0.39, 0.29) is 0 Å². The molecule has 0 saturated carbocycles. The van der Waals surface area contributed by atoms with Gasteiger partial charge in [0.1, 0.15) is 11.6 Å². The van der Waals surface area contributed by atoms with Crippen LogP contribution in [0.25, 0.3) is 40.1 Å². The van der Waals surface area contributed by atoms with Gasteiger partial charge in [-0.05, 0) is 66.9 Å². The van der Waals surface area contributed by atoms with E-state index in [0.717, 1.165) is 33.4 Å². The number of benzene rings is 3. The molecule has 0 atom stereocenters. The molecule has 2 heterocycles. The van der Waals surface area contributed by atoms with Crippen LogP contribution in [0.3, 0.4) is 0 Å². The lowest BCUT2D eigenvalue weighted by atomic mass is 10.0. The molecule has 5 aromatic rings. The minimum atomic E-state index is 0.535. The zero-order valence-electron chi connectivity index (χ0n) is 19.9. The number of methoxy groups -OCH3 is 1. The van der Waals surface area contributed by atoms with E-state index in [2.05, 4.69) is 47.7 Å². The second-order valence-corrected chi connectivity index (χ2v) is 8.28. The topological polar surface area (TPSA) is 59.5 Å². The van der Waals surface area contributed by atoms with Crippen molar-refractivity contribution >= 4 is 28.8 Å². The maximum absolute atomic E-state index is 10.2. The summed E-state index contributed by atoms with van der Waals surface area (Å²) >= 11 is 0. The number of ether oxygens (including phenoxy) is 2. The molecule has 0 amide bonds. The van der Waals surface area contributed by atoms with Gasteiger partial charge in [-0.2, -0.15) is 5.26 Å². The molecule has 0 fully saturated rings. The van der Waals surface area contributed by atoms with E-state index in [9.17, 15) is 5.26 Å². The number of imidazole rings is 1. The fourth-order valence-electron chi connectivity index (χ4n) is 4.36. The van der Waals surface area contributed by atoms with Crippen molar-refractivity contribution in [3.8, 4) is 28.8 Å². The van der Waals surface area contributed by atoms with Gasteiger partial charge in [-0.3, -0.25) is 4.40 Å². The Morgan fingerprint density at radius 2 is 1.83 bits per heavy atom. The van der Waals surface area contributed by atoms with E-state index in [1.807, 2.05) is 61.5 Å². The van der Waals surface area contributed by atoms with Gasteiger partial charge in [-0.1, -0.05) is 54.1 Å². The molecule has 0 aliphatic rings. The fourth-order valence-corrected chi connectivity index (χ4v) is 4.36.